The third kappa shape index (κ3) is 2.33. The van der Waals surface area contributed by atoms with Gasteiger partial charge in [-0.1, -0.05) is 12.1 Å². The van der Waals surface area contributed by atoms with Gasteiger partial charge in [0.1, 0.15) is 5.75 Å². The summed E-state index contributed by atoms with van der Waals surface area (Å²) in [6.45, 7) is 2.48. The first-order valence-electron chi connectivity index (χ1n) is 5.52. The van der Waals surface area contributed by atoms with Crippen molar-refractivity contribution in [1.29, 1.82) is 0 Å². The maximum atomic E-state index is 12.0. The number of aromatic nitrogens is 3. The Morgan fingerprint density at radius 2 is 2.28 bits per heavy atom. The van der Waals surface area contributed by atoms with Gasteiger partial charge in [0.2, 0.25) is 0 Å². The van der Waals surface area contributed by atoms with E-state index in [-0.39, 0.29) is 5.56 Å². The molecule has 0 aliphatic carbocycles. The van der Waals surface area contributed by atoms with E-state index in [1.807, 2.05) is 25.1 Å². The zero-order chi connectivity index (χ0) is 13.1. The summed E-state index contributed by atoms with van der Waals surface area (Å²) in [6, 6.07) is 7.25. The second-order valence-electron chi connectivity index (χ2n) is 3.70. The molecule has 0 aliphatic heterocycles. The number of aromatic amines is 1. The van der Waals surface area contributed by atoms with Crippen molar-refractivity contribution in [1.82, 2.24) is 14.8 Å². The molecule has 0 aliphatic rings. The monoisotopic (exact) mass is 263 g/mol. The molecule has 0 atom stereocenters. The molecule has 0 bridgehead atoms. The van der Waals surface area contributed by atoms with Crippen LogP contribution in [0.3, 0.4) is 0 Å². The van der Waals surface area contributed by atoms with E-state index in [0.29, 0.717) is 28.4 Å². The largest absolute Gasteiger partial charge is 0.494 e. The average molecular weight is 263 g/mol. The van der Waals surface area contributed by atoms with Crippen LogP contribution in [-0.2, 0) is 7.05 Å². The highest BCUT2D eigenvalue weighted by Gasteiger charge is 2.08. The molecule has 1 heterocycles. The standard InChI is InChI=1S/C12H13N3O2S/c1-3-17-9-6-4-5-8(7-9)10-11(16)15(2)12(18)14-13-10/h4-7H,3H2,1-2H3,(H,14,18). The van der Waals surface area contributed by atoms with Crippen LogP contribution in [0.4, 0.5) is 0 Å². The molecular formula is C12H13N3O2S. The lowest BCUT2D eigenvalue weighted by Gasteiger charge is -2.06. The van der Waals surface area contributed by atoms with Gasteiger partial charge in [-0.05, 0) is 31.3 Å². The maximum absolute atomic E-state index is 12.0. The third-order valence-corrected chi connectivity index (χ3v) is 2.86. The number of ether oxygens (including phenoxy) is 1. The Morgan fingerprint density at radius 3 is 3.00 bits per heavy atom. The van der Waals surface area contributed by atoms with Gasteiger partial charge in [-0.25, -0.2) is 0 Å². The molecule has 6 heteroatoms. The Morgan fingerprint density at radius 1 is 1.50 bits per heavy atom. The predicted molar refractivity (Wildman–Crippen MR) is 71.3 cm³/mol. The molecule has 94 valence electrons. The summed E-state index contributed by atoms with van der Waals surface area (Å²) in [5.74, 6) is 0.710. The number of H-pyrrole nitrogens is 1. The zero-order valence-corrected chi connectivity index (χ0v) is 11.0. The van der Waals surface area contributed by atoms with Gasteiger partial charge in [0.25, 0.3) is 5.56 Å². The van der Waals surface area contributed by atoms with E-state index >= 15 is 0 Å². The van der Waals surface area contributed by atoms with Gasteiger partial charge in [0, 0.05) is 12.6 Å². The molecule has 0 radical (unpaired) electrons. The normalized spacial score (nSPS) is 10.3. The number of rotatable bonds is 3. The average Bonchev–Trinajstić information content (AvgIpc) is 2.37. The number of hydrogen-bond donors (Lipinski definition) is 1. The van der Waals surface area contributed by atoms with E-state index in [1.165, 1.54) is 4.57 Å². The second-order valence-corrected chi connectivity index (χ2v) is 4.09. The molecule has 0 amide bonds. The zero-order valence-electron chi connectivity index (χ0n) is 10.1. The quantitative estimate of drug-likeness (QED) is 0.859. The number of nitrogens with zero attached hydrogens (tertiary/aromatic N) is 2. The summed E-state index contributed by atoms with van der Waals surface area (Å²) in [6.07, 6.45) is 0. The minimum absolute atomic E-state index is 0.229. The lowest BCUT2D eigenvalue weighted by atomic mass is 10.1. The molecule has 0 saturated carbocycles. The van der Waals surface area contributed by atoms with Crippen LogP contribution in [0.5, 0.6) is 5.75 Å². The minimum atomic E-state index is -0.229. The minimum Gasteiger partial charge on any atom is -0.494 e. The van der Waals surface area contributed by atoms with E-state index in [0.717, 1.165) is 0 Å². The molecular weight excluding hydrogens is 250 g/mol. The van der Waals surface area contributed by atoms with Gasteiger partial charge in [0.15, 0.2) is 10.5 Å². The van der Waals surface area contributed by atoms with E-state index in [1.54, 1.807) is 13.1 Å². The molecule has 18 heavy (non-hydrogen) atoms. The van der Waals surface area contributed by atoms with Crippen LogP contribution in [0.2, 0.25) is 0 Å². The lowest BCUT2D eigenvalue weighted by molar-refractivity contribution is 0.340. The molecule has 5 nitrogen and oxygen atoms in total. The molecule has 0 spiro atoms. The highest BCUT2D eigenvalue weighted by atomic mass is 32.1. The van der Waals surface area contributed by atoms with Crippen LogP contribution < -0.4 is 10.3 Å². The van der Waals surface area contributed by atoms with Crippen molar-refractivity contribution in [3.63, 3.8) is 0 Å². The molecule has 0 unspecified atom stereocenters. The Labute approximate surface area is 109 Å². The van der Waals surface area contributed by atoms with Crippen molar-refractivity contribution in [2.45, 2.75) is 6.92 Å². The molecule has 1 N–H and O–H groups in total. The first-order chi connectivity index (χ1) is 8.63. The van der Waals surface area contributed by atoms with Crippen molar-refractivity contribution >= 4 is 12.2 Å². The van der Waals surface area contributed by atoms with Crippen LogP contribution in [0.25, 0.3) is 11.3 Å². The fourth-order valence-corrected chi connectivity index (χ4v) is 1.69. The van der Waals surface area contributed by atoms with Crippen molar-refractivity contribution in [3.8, 4) is 17.0 Å². The molecule has 0 fully saturated rings. The highest BCUT2D eigenvalue weighted by Crippen LogP contribution is 2.19. The Kier molecular flexibility index (Phi) is 3.57. The number of hydrogen-bond acceptors (Lipinski definition) is 4. The summed E-state index contributed by atoms with van der Waals surface area (Å²) in [5.41, 5.74) is 0.799. The van der Waals surface area contributed by atoms with E-state index in [4.69, 9.17) is 17.0 Å². The van der Waals surface area contributed by atoms with Crippen molar-refractivity contribution < 1.29 is 4.74 Å². The van der Waals surface area contributed by atoms with E-state index in [9.17, 15) is 4.79 Å². The van der Waals surface area contributed by atoms with Gasteiger partial charge in [-0.2, -0.15) is 5.10 Å². The summed E-state index contributed by atoms with van der Waals surface area (Å²) in [4.78, 5) is 12.0. The Hall–Kier alpha value is -1.95. The van der Waals surface area contributed by atoms with E-state index < -0.39 is 0 Å². The van der Waals surface area contributed by atoms with Gasteiger partial charge in [0.05, 0.1) is 6.61 Å². The fraction of sp³-hybridized carbons (Fsp3) is 0.250. The molecule has 2 rings (SSSR count). The SMILES string of the molecule is CCOc1cccc(-c2n[nH]c(=S)n(C)c2=O)c1. The predicted octanol–water partition coefficient (Wildman–Crippen LogP) is 1.90. The fourth-order valence-electron chi connectivity index (χ4n) is 1.57. The van der Waals surface area contributed by atoms with Gasteiger partial charge >= 0.3 is 0 Å². The molecule has 1 aromatic carbocycles. The maximum Gasteiger partial charge on any atom is 0.280 e. The number of nitrogens with one attached hydrogen (secondary N) is 1. The smallest absolute Gasteiger partial charge is 0.280 e. The first-order valence-corrected chi connectivity index (χ1v) is 5.93. The van der Waals surface area contributed by atoms with Crippen molar-refractivity contribution in [2.75, 3.05) is 6.61 Å². The van der Waals surface area contributed by atoms with Crippen LogP contribution >= 0.6 is 12.2 Å². The van der Waals surface area contributed by atoms with Gasteiger partial charge < -0.3 is 4.74 Å². The highest BCUT2D eigenvalue weighted by molar-refractivity contribution is 7.71. The van der Waals surface area contributed by atoms with E-state index in [2.05, 4.69) is 10.2 Å². The third-order valence-electron chi connectivity index (χ3n) is 2.49. The first kappa shape index (κ1) is 12.5. The summed E-state index contributed by atoms with van der Waals surface area (Å²) in [7, 11) is 1.61. The van der Waals surface area contributed by atoms with Gasteiger partial charge in [-0.3, -0.25) is 14.5 Å². The van der Waals surface area contributed by atoms with Gasteiger partial charge in [-0.15, -0.1) is 0 Å². The topological polar surface area (TPSA) is 59.9 Å². The molecule has 0 saturated heterocycles. The Balaban J connectivity index is 2.56. The van der Waals surface area contributed by atoms with Crippen LogP contribution in [0.15, 0.2) is 29.1 Å². The molecule has 1 aromatic heterocycles. The molecule has 2 aromatic rings. The van der Waals surface area contributed by atoms with Crippen LogP contribution in [0, 0.1) is 4.77 Å². The summed E-state index contributed by atoms with van der Waals surface area (Å²) in [5, 5.41) is 6.64. The second kappa shape index (κ2) is 5.14. The summed E-state index contributed by atoms with van der Waals surface area (Å²) >= 11 is 4.94. The van der Waals surface area contributed by atoms with Crippen molar-refractivity contribution in [2.24, 2.45) is 7.05 Å². The van der Waals surface area contributed by atoms with Crippen molar-refractivity contribution in [3.05, 3.63) is 39.4 Å². The van der Waals surface area contributed by atoms with Crippen LogP contribution in [-0.4, -0.2) is 21.4 Å². The summed E-state index contributed by atoms with van der Waals surface area (Å²) < 4.78 is 7.04. The number of benzene rings is 1. The lowest BCUT2D eigenvalue weighted by Crippen LogP contribution is -2.22. The van der Waals surface area contributed by atoms with Crippen LogP contribution in [0.1, 0.15) is 6.92 Å². The Bertz CT molecular complexity index is 676.